The van der Waals surface area contributed by atoms with Gasteiger partial charge in [0.1, 0.15) is 12.7 Å². The zero-order chi connectivity index (χ0) is 52.7. The van der Waals surface area contributed by atoms with E-state index in [0.717, 1.165) is 103 Å². The van der Waals surface area contributed by atoms with Gasteiger partial charge in [-0.05, 0) is 83.5 Å². The summed E-state index contributed by atoms with van der Waals surface area (Å²) in [7, 11) is -4.75. The highest BCUT2D eigenvalue weighted by molar-refractivity contribution is 7.47. The number of unbranched alkanes of at least 4 members (excludes halogenated alkanes) is 30. The van der Waals surface area contributed by atoms with Gasteiger partial charge in [0.2, 0.25) is 0 Å². The van der Waals surface area contributed by atoms with Crippen LogP contribution in [0.25, 0.3) is 0 Å². The number of phosphoric ester groups is 1. The third-order valence-electron chi connectivity index (χ3n) is 12.7. The van der Waals surface area contributed by atoms with E-state index in [1.807, 2.05) is 0 Å². The second-order valence-electron chi connectivity index (χ2n) is 19.8. The van der Waals surface area contributed by atoms with E-state index >= 15 is 0 Å². The molecule has 0 aromatic heterocycles. The van der Waals surface area contributed by atoms with Gasteiger partial charge in [0.15, 0.2) is 6.10 Å². The molecule has 3 atom stereocenters. The Hall–Kier alpha value is -2.56. The molecular weight excluding hydrogens is 928 g/mol. The third-order valence-corrected chi connectivity index (χ3v) is 13.7. The largest absolute Gasteiger partial charge is 0.472 e. The number of aliphatic hydroxyl groups is 1. The number of aliphatic hydroxyl groups excluding tert-OH is 1. The number of rotatable bonds is 55. The number of carbonyl (C=O) groups is 3. The molecule has 0 fully saturated rings. The monoisotopic (exact) mass is 1040 g/mol. The number of esters is 3. The summed E-state index contributed by atoms with van der Waals surface area (Å²) in [6.45, 7) is 4.60. The number of allylic oxidation sites excluding steroid dienone is 8. The Morgan fingerprint density at radius 3 is 1.06 bits per heavy atom. The first-order valence-electron chi connectivity index (χ1n) is 29.5. The lowest BCUT2D eigenvalue weighted by Crippen LogP contribution is -2.30. The highest BCUT2D eigenvalue weighted by Crippen LogP contribution is 2.43. The van der Waals surface area contributed by atoms with Crippen molar-refractivity contribution in [2.24, 2.45) is 0 Å². The minimum atomic E-state index is -4.75. The quantitative estimate of drug-likeness (QED) is 0.0197. The summed E-state index contributed by atoms with van der Waals surface area (Å²) < 4.78 is 39.5. The Balaban J connectivity index is 4.74. The van der Waals surface area contributed by atoms with Crippen molar-refractivity contribution in [3.8, 4) is 0 Å². The first-order valence-corrected chi connectivity index (χ1v) is 31.0. The zero-order valence-electron chi connectivity index (χ0n) is 46.4. The molecule has 0 aromatic carbocycles. The standard InChI is InChI=1S/C60H109O11P/c1-4-7-10-13-16-19-22-25-27-28-30-33-36-39-42-45-48-51-60(64)71-57(53-67-58(62)49-46-43-40-37-34-32-29-26-23-20-17-14-11-8-5-2)55-69-72(65,66)68-54-56(52-61)70-59(63)50-47-44-41-38-35-31-24-21-18-15-12-9-6-3/h16-17,19-20,25-27,29,56-57,61H,4-15,18,21-24,28,30-55H2,1-3H3,(H,65,66)/b19-16-,20-17-,27-25-,29-26-. The molecule has 0 amide bonds. The Labute approximate surface area is 441 Å². The van der Waals surface area contributed by atoms with Crippen molar-refractivity contribution in [2.75, 3.05) is 26.4 Å². The van der Waals surface area contributed by atoms with Crippen LogP contribution in [-0.2, 0) is 42.2 Å². The summed E-state index contributed by atoms with van der Waals surface area (Å²) >= 11 is 0. The second kappa shape index (κ2) is 54.7. The van der Waals surface area contributed by atoms with Gasteiger partial charge >= 0.3 is 25.7 Å². The van der Waals surface area contributed by atoms with E-state index in [4.69, 9.17) is 23.3 Å². The Kier molecular flexibility index (Phi) is 52.7. The van der Waals surface area contributed by atoms with E-state index in [2.05, 4.69) is 69.4 Å². The number of carbonyl (C=O) groups excluding carboxylic acids is 3. The Morgan fingerprint density at radius 1 is 0.389 bits per heavy atom. The van der Waals surface area contributed by atoms with Crippen LogP contribution in [0.5, 0.6) is 0 Å². The van der Waals surface area contributed by atoms with Gasteiger partial charge in [-0.1, -0.05) is 223 Å². The predicted molar refractivity (Wildman–Crippen MR) is 298 cm³/mol. The van der Waals surface area contributed by atoms with E-state index in [1.54, 1.807) is 0 Å². The van der Waals surface area contributed by atoms with Crippen LogP contribution in [0.15, 0.2) is 48.6 Å². The molecule has 0 aliphatic carbocycles. The van der Waals surface area contributed by atoms with Gasteiger partial charge in [0.25, 0.3) is 0 Å². The van der Waals surface area contributed by atoms with Crippen molar-refractivity contribution in [1.29, 1.82) is 0 Å². The van der Waals surface area contributed by atoms with E-state index < -0.39 is 57.8 Å². The Morgan fingerprint density at radius 2 is 0.681 bits per heavy atom. The summed E-state index contributed by atoms with van der Waals surface area (Å²) in [6.07, 6.45) is 57.7. The first-order chi connectivity index (χ1) is 35.2. The van der Waals surface area contributed by atoms with Crippen LogP contribution in [0.3, 0.4) is 0 Å². The molecule has 72 heavy (non-hydrogen) atoms. The van der Waals surface area contributed by atoms with Gasteiger partial charge in [-0.2, -0.15) is 0 Å². The van der Waals surface area contributed by atoms with Crippen molar-refractivity contribution in [2.45, 2.75) is 290 Å². The lowest BCUT2D eigenvalue weighted by Gasteiger charge is -2.21. The zero-order valence-corrected chi connectivity index (χ0v) is 47.3. The molecule has 0 rings (SSSR count). The fourth-order valence-corrected chi connectivity index (χ4v) is 8.97. The van der Waals surface area contributed by atoms with Crippen molar-refractivity contribution < 1.29 is 52.2 Å². The topological polar surface area (TPSA) is 155 Å². The SMILES string of the molecule is CCCCC/C=C\C/C=C\CCCCCCCCCC(=O)OC(COC(=O)CCCCCCC/C=C\C/C=C\CCCCC)COP(=O)(O)OCC(CO)OC(=O)CCCCCCCCCCCCCCC. The number of phosphoric acid groups is 1. The van der Waals surface area contributed by atoms with Crippen LogP contribution in [0, 0.1) is 0 Å². The van der Waals surface area contributed by atoms with Crippen LogP contribution < -0.4 is 0 Å². The van der Waals surface area contributed by atoms with Gasteiger partial charge in [-0.3, -0.25) is 23.4 Å². The van der Waals surface area contributed by atoms with Crippen molar-refractivity contribution in [1.82, 2.24) is 0 Å². The van der Waals surface area contributed by atoms with Crippen LogP contribution in [0.4, 0.5) is 0 Å². The molecule has 0 aliphatic heterocycles. The van der Waals surface area contributed by atoms with Gasteiger partial charge in [0, 0.05) is 19.3 Å². The van der Waals surface area contributed by atoms with Crippen LogP contribution in [-0.4, -0.2) is 66.5 Å². The fraction of sp³-hybridized carbons (Fsp3) is 0.817. The average molecular weight is 1040 g/mol. The first kappa shape index (κ1) is 69.4. The molecule has 0 spiro atoms. The summed E-state index contributed by atoms with van der Waals surface area (Å²) in [6, 6.07) is 0. The molecule has 0 radical (unpaired) electrons. The molecule has 0 saturated carbocycles. The van der Waals surface area contributed by atoms with Crippen LogP contribution in [0.2, 0.25) is 0 Å². The molecule has 3 unspecified atom stereocenters. The van der Waals surface area contributed by atoms with E-state index in [9.17, 15) is 28.9 Å². The molecule has 420 valence electrons. The summed E-state index contributed by atoms with van der Waals surface area (Å²) in [5.74, 6) is -1.48. The average Bonchev–Trinajstić information content (AvgIpc) is 3.37. The molecular formula is C60H109O11P. The van der Waals surface area contributed by atoms with E-state index in [-0.39, 0.29) is 25.9 Å². The van der Waals surface area contributed by atoms with Crippen molar-refractivity contribution >= 4 is 25.7 Å². The van der Waals surface area contributed by atoms with Gasteiger partial charge < -0.3 is 24.2 Å². The molecule has 0 bridgehead atoms. The van der Waals surface area contributed by atoms with Crippen molar-refractivity contribution in [3.05, 3.63) is 48.6 Å². The number of hydrogen-bond donors (Lipinski definition) is 2. The molecule has 0 aliphatic rings. The van der Waals surface area contributed by atoms with Gasteiger partial charge in [0.05, 0.1) is 19.8 Å². The van der Waals surface area contributed by atoms with Gasteiger partial charge in [-0.25, -0.2) is 4.57 Å². The highest BCUT2D eigenvalue weighted by atomic mass is 31.2. The number of hydrogen-bond acceptors (Lipinski definition) is 10. The van der Waals surface area contributed by atoms with Crippen molar-refractivity contribution in [3.63, 3.8) is 0 Å². The molecule has 0 saturated heterocycles. The maximum atomic E-state index is 12.9. The van der Waals surface area contributed by atoms with E-state index in [0.29, 0.717) is 19.3 Å². The summed E-state index contributed by atoms with van der Waals surface area (Å²) in [5.41, 5.74) is 0. The second-order valence-corrected chi connectivity index (χ2v) is 21.3. The molecule has 0 aromatic rings. The minimum absolute atomic E-state index is 0.157. The maximum absolute atomic E-state index is 12.9. The number of ether oxygens (including phenoxy) is 3. The molecule has 0 heterocycles. The van der Waals surface area contributed by atoms with Crippen LogP contribution in [0.1, 0.15) is 278 Å². The third kappa shape index (κ3) is 52.3. The predicted octanol–water partition coefficient (Wildman–Crippen LogP) is 17.4. The molecule has 11 nitrogen and oxygen atoms in total. The normalized spacial score (nSPS) is 13.7. The fourth-order valence-electron chi connectivity index (χ4n) is 8.18. The Bertz CT molecular complexity index is 1400. The van der Waals surface area contributed by atoms with Gasteiger partial charge in [-0.15, -0.1) is 0 Å². The summed E-state index contributed by atoms with van der Waals surface area (Å²) in [4.78, 5) is 48.5. The lowest BCUT2D eigenvalue weighted by molar-refractivity contribution is -0.161. The molecule has 12 heteroatoms. The maximum Gasteiger partial charge on any atom is 0.472 e. The highest BCUT2D eigenvalue weighted by Gasteiger charge is 2.28. The lowest BCUT2D eigenvalue weighted by atomic mass is 10.0. The van der Waals surface area contributed by atoms with Crippen LogP contribution >= 0.6 is 7.82 Å². The molecule has 2 N–H and O–H groups in total. The minimum Gasteiger partial charge on any atom is -0.462 e. The van der Waals surface area contributed by atoms with E-state index in [1.165, 1.54) is 116 Å². The smallest absolute Gasteiger partial charge is 0.462 e. The summed E-state index contributed by atoms with van der Waals surface area (Å²) in [5, 5.41) is 9.81.